The molecule has 10 heavy (non-hydrogen) atoms. The molecule has 1 heterocycles. The van der Waals surface area contributed by atoms with E-state index in [-0.39, 0.29) is 11.7 Å². The molecule has 0 N–H and O–H groups in total. The summed E-state index contributed by atoms with van der Waals surface area (Å²) in [7, 11) is 0. The minimum atomic E-state index is -0.123. The van der Waals surface area contributed by atoms with E-state index in [0.717, 1.165) is 18.5 Å². The fraction of sp³-hybridized carbons (Fsp3) is 1.00. The highest BCUT2D eigenvalue weighted by molar-refractivity contribution is 9.09. The predicted molar refractivity (Wildman–Crippen MR) is 43.6 cm³/mol. The van der Waals surface area contributed by atoms with Crippen LogP contribution in [0.4, 0.5) is 0 Å². The van der Waals surface area contributed by atoms with E-state index < -0.39 is 0 Å². The summed E-state index contributed by atoms with van der Waals surface area (Å²) in [5.74, 6) is 0. The maximum absolute atomic E-state index is 5.51. The van der Waals surface area contributed by atoms with Crippen LogP contribution < -0.4 is 0 Å². The quantitative estimate of drug-likeness (QED) is 0.610. The summed E-state index contributed by atoms with van der Waals surface area (Å²) >= 11 is 3.38. The second-order valence-electron chi connectivity index (χ2n) is 2.97. The third-order valence-corrected chi connectivity index (χ3v) is 2.38. The summed E-state index contributed by atoms with van der Waals surface area (Å²) in [5.41, 5.74) is -0.123. The first-order chi connectivity index (χ1) is 4.67. The Hall–Kier alpha value is 0.400. The third-order valence-electron chi connectivity index (χ3n) is 1.79. The fourth-order valence-electron chi connectivity index (χ4n) is 1.02. The normalized spacial score (nSPS) is 32.1. The van der Waals surface area contributed by atoms with Gasteiger partial charge in [0.1, 0.15) is 0 Å². The summed E-state index contributed by atoms with van der Waals surface area (Å²) in [6, 6.07) is 0. The Morgan fingerprint density at radius 3 is 2.60 bits per heavy atom. The molecule has 0 amide bonds. The van der Waals surface area contributed by atoms with E-state index in [1.165, 1.54) is 0 Å². The first-order valence-corrected chi connectivity index (χ1v) is 4.60. The Balaban J connectivity index is 2.51. The largest absolute Gasteiger partial charge is 0.372 e. The average molecular weight is 209 g/mol. The molecule has 1 fully saturated rings. The molecule has 0 aromatic carbocycles. The van der Waals surface area contributed by atoms with Gasteiger partial charge in [-0.2, -0.15) is 0 Å². The molecule has 2 nitrogen and oxygen atoms in total. The standard InChI is InChI=1S/C7H13BrO2/c1-7(2)6(5-8)9-3-4-10-7/h6H,3-5H2,1-2H3. The second-order valence-corrected chi connectivity index (χ2v) is 3.61. The summed E-state index contributed by atoms with van der Waals surface area (Å²) in [6.07, 6.45) is 0.196. The molecule has 1 unspecified atom stereocenters. The van der Waals surface area contributed by atoms with Crippen molar-refractivity contribution in [2.75, 3.05) is 18.5 Å². The van der Waals surface area contributed by atoms with Gasteiger partial charge in [0.25, 0.3) is 0 Å². The zero-order valence-electron chi connectivity index (χ0n) is 6.39. The van der Waals surface area contributed by atoms with Crippen LogP contribution in [0.2, 0.25) is 0 Å². The van der Waals surface area contributed by atoms with Crippen LogP contribution in [-0.4, -0.2) is 30.2 Å². The predicted octanol–water partition coefficient (Wildman–Crippen LogP) is 1.58. The van der Waals surface area contributed by atoms with Crippen LogP contribution in [0.15, 0.2) is 0 Å². The monoisotopic (exact) mass is 208 g/mol. The van der Waals surface area contributed by atoms with E-state index >= 15 is 0 Å². The van der Waals surface area contributed by atoms with Crippen molar-refractivity contribution in [2.45, 2.75) is 25.6 Å². The van der Waals surface area contributed by atoms with Crippen molar-refractivity contribution >= 4 is 15.9 Å². The smallest absolute Gasteiger partial charge is 0.0956 e. The highest BCUT2D eigenvalue weighted by Gasteiger charge is 2.33. The Labute approximate surface area is 70.0 Å². The Morgan fingerprint density at radius 2 is 2.20 bits per heavy atom. The Morgan fingerprint density at radius 1 is 1.50 bits per heavy atom. The number of rotatable bonds is 1. The van der Waals surface area contributed by atoms with Crippen molar-refractivity contribution in [1.82, 2.24) is 0 Å². The van der Waals surface area contributed by atoms with Crippen LogP contribution >= 0.6 is 15.9 Å². The summed E-state index contributed by atoms with van der Waals surface area (Å²) in [5, 5.41) is 0.847. The first-order valence-electron chi connectivity index (χ1n) is 3.48. The van der Waals surface area contributed by atoms with Gasteiger partial charge in [0.05, 0.1) is 24.9 Å². The van der Waals surface area contributed by atoms with Gasteiger partial charge in [0, 0.05) is 5.33 Å². The van der Waals surface area contributed by atoms with Gasteiger partial charge < -0.3 is 9.47 Å². The minimum Gasteiger partial charge on any atom is -0.372 e. The topological polar surface area (TPSA) is 18.5 Å². The molecule has 1 saturated heterocycles. The number of hydrogen-bond donors (Lipinski definition) is 0. The van der Waals surface area contributed by atoms with Crippen molar-refractivity contribution < 1.29 is 9.47 Å². The highest BCUT2D eigenvalue weighted by Crippen LogP contribution is 2.22. The van der Waals surface area contributed by atoms with E-state index in [9.17, 15) is 0 Å². The van der Waals surface area contributed by atoms with Gasteiger partial charge in [-0.25, -0.2) is 0 Å². The minimum absolute atomic E-state index is 0.123. The highest BCUT2D eigenvalue weighted by atomic mass is 79.9. The van der Waals surface area contributed by atoms with Crippen LogP contribution in [0.3, 0.4) is 0 Å². The number of halogens is 1. The molecule has 1 atom stereocenters. The Bertz CT molecular complexity index is 114. The third kappa shape index (κ3) is 1.71. The molecular formula is C7H13BrO2. The van der Waals surface area contributed by atoms with Crippen LogP contribution in [0.1, 0.15) is 13.8 Å². The average Bonchev–Trinajstić information content (AvgIpc) is 1.87. The van der Waals surface area contributed by atoms with E-state index in [1.54, 1.807) is 0 Å². The molecule has 1 aliphatic heterocycles. The molecular weight excluding hydrogens is 196 g/mol. The molecule has 0 spiro atoms. The summed E-state index contributed by atoms with van der Waals surface area (Å²) < 4.78 is 11.0. The van der Waals surface area contributed by atoms with E-state index in [2.05, 4.69) is 29.8 Å². The number of ether oxygens (including phenoxy) is 2. The van der Waals surface area contributed by atoms with Gasteiger partial charge >= 0.3 is 0 Å². The molecule has 1 aliphatic rings. The van der Waals surface area contributed by atoms with E-state index in [1.807, 2.05) is 0 Å². The lowest BCUT2D eigenvalue weighted by Crippen LogP contribution is -2.47. The molecule has 1 rings (SSSR count). The van der Waals surface area contributed by atoms with Gasteiger partial charge in [-0.05, 0) is 13.8 Å². The lowest BCUT2D eigenvalue weighted by molar-refractivity contribution is -0.177. The molecule has 0 radical (unpaired) electrons. The molecule has 0 aromatic heterocycles. The lowest BCUT2D eigenvalue weighted by atomic mass is 10.0. The van der Waals surface area contributed by atoms with Crippen molar-refractivity contribution in [1.29, 1.82) is 0 Å². The first kappa shape index (κ1) is 8.50. The van der Waals surface area contributed by atoms with Crippen LogP contribution in [0.5, 0.6) is 0 Å². The van der Waals surface area contributed by atoms with Crippen LogP contribution in [0, 0.1) is 0 Å². The van der Waals surface area contributed by atoms with Crippen LogP contribution in [-0.2, 0) is 9.47 Å². The van der Waals surface area contributed by atoms with Gasteiger partial charge in [-0.3, -0.25) is 0 Å². The number of hydrogen-bond acceptors (Lipinski definition) is 2. The zero-order chi connectivity index (χ0) is 7.61. The van der Waals surface area contributed by atoms with Crippen molar-refractivity contribution in [2.24, 2.45) is 0 Å². The molecule has 0 aromatic rings. The SMILES string of the molecule is CC1(C)OCCOC1CBr. The maximum atomic E-state index is 5.51. The fourth-order valence-corrected chi connectivity index (χ4v) is 1.99. The summed E-state index contributed by atoms with van der Waals surface area (Å²) in [6.45, 7) is 5.55. The van der Waals surface area contributed by atoms with Crippen LogP contribution in [0.25, 0.3) is 0 Å². The van der Waals surface area contributed by atoms with E-state index in [0.29, 0.717) is 0 Å². The second kappa shape index (κ2) is 3.20. The molecule has 60 valence electrons. The maximum Gasteiger partial charge on any atom is 0.0956 e. The number of alkyl halides is 1. The van der Waals surface area contributed by atoms with Crippen molar-refractivity contribution in [3.8, 4) is 0 Å². The van der Waals surface area contributed by atoms with Crippen molar-refractivity contribution in [3.05, 3.63) is 0 Å². The molecule has 0 aliphatic carbocycles. The van der Waals surface area contributed by atoms with Crippen molar-refractivity contribution in [3.63, 3.8) is 0 Å². The molecule has 3 heteroatoms. The summed E-state index contributed by atoms with van der Waals surface area (Å²) in [4.78, 5) is 0. The van der Waals surface area contributed by atoms with Gasteiger partial charge in [-0.15, -0.1) is 0 Å². The molecule has 0 saturated carbocycles. The molecule has 0 bridgehead atoms. The zero-order valence-corrected chi connectivity index (χ0v) is 7.98. The van der Waals surface area contributed by atoms with Gasteiger partial charge in [-0.1, -0.05) is 15.9 Å². The lowest BCUT2D eigenvalue weighted by Gasteiger charge is -2.37. The Kier molecular flexibility index (Phi) is 2.72. The van der Waals surface area contributed by atoms with Gasteiger partial charge in [0.2, 0.25) is 0 Å². The van der Waals surface area contributed by atoms with Gasteiger partial charge in [0.15, 0.2) is 0 Å². The van der Waals surface area contributed by atoms with E-state index in [4.69, 9.17) is 9.47 Å².